The molecule has 1 aromatic heterocycles. The van der Waals surface area contributed by atoms with Gasteiger partial charge < -0.3 is 54.9 Å². The van der Waals surface area contributed by atoms with Crippen LogP contribution in [0.5, 0.6) is 5.75 Å². The van der Waals surface area contributed by atoms with Crippen LogP contribution in [0.1, 0.15) is 140 Å². The average Bonchev–Trinajstić information content (AvgIpc) is 3.42. The third kappa shape index (κ3) is 27.8. The molecule has 0 aliphatic carbocycles. The third-order valence-corrected chi connectivity index (χ3v) is 12.9. The summed E-state index contributed by atoms with van der Waals surface area (Å²) >= 11 is 5.87. The van der Waals surface area contributed by atoms with Crippen molar-refractivity contribution >= 4 is 96.9 Å². The molecule has 4 aromatic rings. The van der Waals surface area contributed by atoms with Crippen molar-refractivity contribution in [1.29, 1.82) is 10.8 Å². The van der Waals surface area contributed by atoms with Gasteiger partial charge in [0.25, 0.3) is 5.91 Å². The third-order valence-electron chi connectivity index (χ3n) is 12.6. The highest BCUT2D eigenvalue weighted by Crippen LogP contribution is 2.18. The maximum absolute atomic E-state index is 12.9. The normalized spacial score (nSPS) is 11.8. The number of nitrogens with two attached hydrogens (primary N) is 5. The van der Waals surface area contributed by atoms with Gasteiger partial charge in [-0.05, 0) is 101 Å². The topological polar surface area (TPSA) is 350 Å². The van der Waals surface area contributed by atoms with Gasteiger partial charge in [-0.15, -0.1) is 0 Å². The Morgan fingerprint density at radius 3 is 1.65 bits per heavy atom. The van der Waals surface area contributed by atoms with Crippen LogP contribution in [-0.2, 0) is 16.0 Å². The van der Waals surface area contributed by atoms with Crippen LogP contribution < -0.4 is 49.4 Å². The number of carbonyl (C=O) groups is 5. The number of aliphatic imine (C=N–C) groups is 1. The Labute approximate surface area is 483 Å². The number of ketones is 2. The van der Waals surface area contributed by atoms with E-state index in [1.165, 1.54) is 0 Å². The number of amides is 3. The predicted molar refractivity (Wildman–Crippen MR) is 326 cm³/mol. The summed E-state index contributed by atoms with van der Waals surface area (Å²) in [6, 6.07) is 24.6. The number of unbranched alkanes of at least 4 members (excludes halogenated alkanes) is 5. The van der Waals surface area contributed by atoms with Crippen LogP contribution in [0.25, 0.3) is 0 Å². The summed E-state index contributed by atoms with van der Waals surface area (Å²) in [4.78, 5) is 77.1. The van der Waals surface area contributed by atoms with Crippen molar-refractivity contribution in [3.8, 4) is 5.75 Å². The summed E-state index contributed by atoms with van der Waals surface area (Å²) in [5, 5.41) is 24.7. The van der Waals surface area contributed by atoms with Gasteiger partial charge in [0.05, 0.1) is 12.1 Å². The molecule has 0 aliphatic rings. The number of anilines is 2. The number of nitrogen functional groups attached to an aromatic ring is 2. The van der Waals surface area contributed by atoms with Crippen LogP contribution in [-0.4, -0.2) is 119 Å². The molecule has 0 saturated carbocycles. The Hall–Kier alpha value is -6.43. The molecule has 0 aliphatic heterocycles. The number of halogens is 1. The van der Waals surface area contributed by atoms with Crippen LogP contribution >= 0.6 is 38.6 Å². The summed E-state index contributed by atoms with van der Waals surface area (Å²) in [6.07, 6.45) is 10.6. The molecule has 23 heteroatoms. The zero-order valence-electron chi connectivity index (χ0n) is 45.2. The van der Waals surface area contributed by atoms with Crippen molar-refractivity contribution in [3.63, 3.8) is 0 Å². The molecule has 3 aromatic carbocycles. The smallest absolute Gasteiger partial charge is 0.280 e. The lowest BCUT2D eigenvalue weighted by atomic mass is 10.0. The van der Waals surface area contributed by atoms with Gasteiger partial charge in [-0.1, -0.05) is 110 Å². The molecule has 20 nitrogen and oxygen atoms in total. The van der Waals surface area contributed by atoms with Crippen LogP contribution in [0.3, 0.4) is 0 Å². The van der Waals surface area contributed by atoms with E-state index in [4.69, 9.17) is 55.8 Å². The first-order chi connectivity index (χ1) is 37.1. The van der Waals surface area contributed by atoms with Crippen LogP contribution in [0.2, 0.25) is 5.15 Å². The maximum Gasteiger partial charge on any atom is 0.280 e. The maximum atomic E-state index is 12.9. The molecule has 2 atom stereocenters. The molecule has 0 fully saturated rings. The van der Waals surface area contributed by atoms with E-state index in [1.807, 2.05) is 60.7 Å². The lowest BCUT2D eigenvalue weighted by Gasteiger charge is -2.23. The van der Waals surface area contributed by atoms with Crippen LogP contribution in [0.15, 0.2) is 89.9 Å². The number of rotatable bonds is 38. The highest BCUT2D eigenvalue weighted by atomic mass is 35.5. The Morgan fingerprint density at radius 1 is 0.633 bits per heavy atom. The van der Waals surface area contributed by atoms with Gasteiger partial charge in [0.15, 0.2) is 40.0 Å². The number of aromatic nitrogens is 2. The molecule has 1 heterocycles. The van der Waals surface area contributed by atoms with Crippen molar-refractivity contribution < 1.29 is 28.7 Å². The summed E-state index contributed by atoms with van der Waals surface area (Å²) in [6.45, 7) is 3.64. The molecule has 79 heavy (non-hydrogen) atoms. The fourth-order valence-corrected chi connectivity index (χ4v) is 8.30. The molecule has 4 rings (SSSR count). The van der Waals surface area contributed by atoms with Crippen molar-refractivity contribution in [3.05, 3.63) is 112 Å². The highest BCUT2D eigenvalue weighted by Gasteiger charge is 2.18. The number of hydrogen-bond donors (Lipinski definition) is 10. The largest absolute Gasteiger partial charge is 0.492 e. The predicted octanol–water partition coefficient (Wildman–Crippen LogP) is 6.42. The molecule has 15 N–H and O–H groups in total. The van der Waals surface area contributed by atoms with Gasteiger partial charge >= 0.3 is 0 Å². The standard InChI is InChI=1S/C56H79ClN14O6.2H2S/c57-50-52(63)69-51(62)49(68-50)55(76)70-56(64)67-30-14-13-17-39-26-28-44(29-27-39)77-36-35-71(33-15-31-65-53(74)45(60)24-11-3-9-22-42(58)37-47(72)40-18-5-1-6-19-40)34-16-32-66-54(75)46(61)25-12-4-10-23-43(59)38-48(73)41-20-7-2-8-21-41;;/h1-2,5-8,18-21,26-29,45-46,58-59H,3-4,9-17,22-25,30-38,60-61H2,(H,65,74)(H,66,75)(H4,62,63,69)(H3,64,67,70,76);2*1H2/t45-,46-;;/m0../s1. The number of nitrogens with zero attached hydrogens (tertiary/aromatic N) is 4. The van der Waals surface area contributed by atoms with E-state index in [0.717, 1.165) is 69.1 Å². The van der Waals surface area contributed by atoms with Gasteiger partial charge in [0.2, 0.25) is 11.8 Å². The molecule has 432 valence electrons. The first kappa shape index (κ1) is 68.7. The molecule has 3 amide bonds. The van der Waals surface area contributed by atoms with Crippen molar-refractivity contribution in [1.82, 2.24) is 30.8 Å². The van der Waals surface area contributed by atoms with Crippen molar-refractivity contribution in [2.75, 3.05) is 57.3 Å². The zero-order valence-corrected chi connectivity index (χ0v) is 48.0. The van der Waals surface area contributed by atoms with E-state index in [0.29, 0.717) is 107 Å². The van der Waals surface area contributed by atoms with Gasteiger partial charge in [0.1, 0.15) is 12.4 Å². The fraction of sp³-hybridized carbons (Fsp3) is 0.464. The number of carbonyl (C=O) groups excluding carboxylic acids is 5. The number of Topliss-reactive ketones (excluding diaryl/α,β-unsaturated/α-hetero) is 2. The van der Waals surface area contributed by atoms with E-state index in [9.17, 15) is 24.0 Å². The average molecular weight is 1150 g/mol. The minimum atomic E-state index is -0.699. The molecule has 0 spiro atoms. The monoisotopic (exact) mass is 1150 g/mol. The first-order valence-corrected chi connectivity index (χ1v) is 27.0. The molecule has 0 saturated heterocycles. The molecule has 0 bridgehead atoms. The van der Waals surface area contributed by atoms with Gasteiger partial charge in [-0.3, -0.25) is 39.2 Å². The van der Waals surface area contributed by atoms with Gasteiger partial charge in [0, 0.05) is 61.6 Å². The Morgan fingerprint density at radius 2 is 1.14 bits per heavy atom. The van der Waals surface area contributed by atoms with Crippen LogP contribution in [0, 0.1) is 10.8 Å². The van der Waals surface area contributed by atoms with E-state index >= 15 is 0 Å². The van der Waals surface area contributed by atoms with E-state index in [2.05, 4.69) is 35.8 Å². The Balaban J connectivity index is 0.0000107. The number of nitrogens with one attached hydrogen (secondary N) is 5. The Bertz CT molecular complexity index is 2450. The Kier molecular flexibility index (Phi) is 33.9. The molecule has 0 radical (unpaired) electrons. The minimum Gasteiger partial charge on any atom is -0.492 e. The second-order valence-electron chi connectivity index (χ2n) is 19.0. The number of hydrogen-bond acceptors (Lipinski definition) is 16. The van der Waals surface area contributed by atoms with Gasteiger partial charge in [-0.2, -0.15) is 27.0 Å². The number of aryl methyl sites for hydroxylation is 1. The number of ether oxygens (including phenoxy) is 1. The fourth-order valence-electron chi connectivity index (χ4n) is 8.17. The quantitative estimate of drug-likeness (QED) is 0.0100. The van der Waals surface area contributed by atoms with Gasteiger partial charge in [-0.25, -0.2) is 9.97 Å². The lowest BCUT2D eigenvalue weighted by molar-refractivity contribution is -0.123. The highest BCUT2D eigenvalue weighted by molar-refractivity contribution is 7.59. The molecule has 0 unspecified atom stereocenters. The number of guanidine groups is 1. The summed E-state index contributed by atoms with van der Waals surface area (Å²) in [5.41, 5.74) is 32.6. The lowest BCUT2D eigenvalue weighted by Crippen LogP contribution is -2.42. The first-order valence-electron chi connectivity index (χ1n) is 26.6. The zero-order chi connectivity index (χ0) is 55.8. The molecular weight excluding hydrogens is 1060 g/mol. The minimum absolute atomic E-state index is 0. The van der Waals surface area contributed by atoms with E-state index in [-0.39, 0.29) is 91.7 Å². The van der Waals surface area contributed by atoms with E-state index < -0.39 is 18.0 Å². The second kappa shape index (κ2) is 39.0. The molecular formula is C56H83ClN14O6S2. The second-order valence-corrected chi connectivity index (χ2v) is 19.3. The SMILES string of the molecule is N=C(CCCCC[C@H](N)C(=O)NCCCN(CCCNC(=O)[C@@H](N)CCCCCC(=N)CC(=O)c1ccccc1)CCOc1ccc(CCCCN=C(N)NC(=O)c2nc(Cl)c(N)nc2N)cc1)CC(=O)c1ccccc1.S.S. The number of benzene rings is 3. The van der Waals surface area contributed by atoms with Crippen LogP contribution in [0.4, 0.5) is 11.6 Å². The van der Waals surface area contributed by atoms with E-state index in [1.54, 1.807) is 24.3 Å². The van der Waals surface area contributed by atoms with Crippen molar-refractivity contribution in [2.24, 2.45) is 22.2 Å². The summed E-state index contributed by atoms with van der Waals surface area (Å²) in [7, 11) is 0. The summed E-state index contributed by atoms with van der Waals surface area (Å²) in [5.74, 6) is -0.850. The van der Waals surface area contributed by atoms with Crippen molar-refractivity contribution in [2.45, 2.75) is 121 Å². The summed E-state index contributed by atoms with van der Waals surface area (Å²) < 4.78 is 6.14.